The average Bonchev–Trinajstić information content (AvgIpc) is 3.33. The van der Waals surface area contributed by atoms with Crippen molar-refractivity contribution in [1.82, 2.24) is 19.4 Å². The second-order valence-corrected chi connectivity index (χ2v) is 7.92. The van der Waals surface area contributed by atoms with Crippen LogP contribution in [-0.4, -0.2) is 78.3 Å². The fourth-order valence-electron chi connectivity index (χ4n) is 4.31. The van der Waals surface area contributed by atoms with Gasteiger partial charge in [0, 0.05) is 51.7 Å². The predicted molar refractivity (Wildman–Crippen MR) is 106 cm³/mol. The van der Waals surface area contributed by atoms with Crippen molar-refractivity contribution < 1.29 is 18.7 Å². The number of hydrogen-bond donors (Lipinski definition) is 0. The monoisotopic (exact) mass is 402 g/mol. The maximum absolute atomic E-state index is 14.6. The third-order valence-corrected chi connectivity index (χ3v) is 5.85. The highest BCUT2D eigenvalue weighted by Crippen LogP contribution is 2.37. The molecule has 1 aromatic carbocycles. The van der Waals surface area contributed by atoms with Crippen LogP contribution in [0.2, 0.25) is 0 Å². The second kappa shape index (κ2) is 8.12. The molecule has 1 amide bonds. The van der Waals surface area contributed by atoms with Crippen molar-refractivity contribution in [2.75, 3.05) is 40.9 Å². The standard InChI is InChI=1S/C21H27FN4O3/c1-24(2)19(27)10-16-12-25-11-14(9-15(25)13-29-16)26-8-7-23-21(26)20-17(22)5-4-6-18(20)28-3/h4-8,14-16H,9-13H2,1-3H3/t14-,15+,16+/m1/s1. The van der Waals surface area contributed by atoms with Gasteiger partial charge in [-0.2, -0.15) is 0 Å². The summed E-state index contributed by atoms with van der Waals surface area (Å²) in [4.78, 5) is 20.4. The van der Waals surface area contributed by atoms with Gasteiger partial charge in [0.2, 0.25) is 5.91 Å². The van der Waals surface area contributed by atoms with Gasteiger partial charge in [0.05, 0.1) is 31.8 Å². The first kappa shape index (κ1) is 19.8. The number of morpholine rings is 1. The van der Waals surface area contributed by atoms with Crippen molar-refractivity contribution >= 4 is 5.91 Å². The molecule has 1 aromatic heterocycles. The smallest absolute Gasteiger partial charge is 0.224 e. The molecule has 0 saturated carbocycles. The van der Waals surface area contributed by atoms with Gasteiger partial charge in [-0.1, -0.05) is 6.07 Å². The minimum absolute atomic E-state index is 0.0766. The van der Waals surface area contributed by atoms with E-state index in [1.54, 1.807) is 37.3 Å². The van der Waals surface area contributed by atoms with Gasteiger partial charge in [0.25, 0.3) is 0 Å². The molecule has 8 heteroatoms. The summed E-state index contributed by atoms with van der Waals surface area (Å²) < 4.78 is 28.0. The summed E-state index contributed by atoms with van der Waals surface area (Å²) in [7, 11) is 5.06. The number of imidazole rings is 1. The second-order valence-electron chi connectivity index (χ2n) is 7.92. The Bertz CT molecular complexity index is 885. The van der Waals surface area contributed by atoms with E-state index in [4.69, 9.17) is 9.47 Å². The maximum atomic E-state index is 14.6. The molecule has 0 unspecified atom stereocenters. The maximum Gasteiger partial charge on any atom is 0.224 e. The lowest BCUT2D eigenvalue weighted by molar-refractivity contribution is -0.134. The fraction of sp³-hybridized carbons (Fsp3) is 0.524. The Morgan fingerprint density at radius 1 is 1.34 bits per heavy atom. The van der Waals surface area contributed by atoms with E-state index in [0.29, 0.717) is 36.2 Å². The number of amides is 1. The molecule has 2 fully saturated rings. The van der Waals surface area contributed by atoms with E-state index in [0.717, 1.165) is 19.5 Å². The Morgan fingerprint density at radius 3 is 2.93 bits per heavy atom. The van der Waals surface area contributed by atoms with E-state index in [-0.39, 0.29) is 23.9 Å². The van der Waals surface area contributed by atoms with Crippen LogP contribution in [0.5, 0.6) is 5.75 Å². The molecule has 0 N–H and O–H groups in total. The Morgan fingerprint density at radius 2 is 2.17 bits per heavy atom. The summed E-state index contributed by atoms with van der Waals surface area (Å²) in [6.07, 6.45) is 4.80. The lowest BCUT2D eigenvalue weighted by Gasteiger charge is -2.35. The molecule has 2 aliphatic rings. The molecule has 2 saturated heterocycles. The average molecular weight is 402 g/mol. The zero-order chi connectivity index (χ0) is 20.5. The third kappa shape index (κ3) is 3.86. The summed E-state index contributed by atoms with van der Waals surface area (Å²) in [5.41, 5.74) is 0.385. The van der Waals surface area contributed by atoms with Gasteiger partial charge in [-0.25, -0.2) is 9.37 Å². The Labute approximate surface area is 170 Å². The van der Waals surface area contributed by atoms with Crippen LogP contribution in [0.15, 0.2) is 30.6 Å². The molecule has 29 heavy (non-hydrogen) atoms. The van der Waals surface area contributed by atoms with Gasteiger partial charge in [0.1, 0.15) is 17.4 Å². The predicted octanol–water partition coefficient (Wildman–Crippen LogP) is 2.19. The molecule has 4 rings (SSSR count). The van der Waals surface area contributed by atoms with Crippen molar-refractivity contribution in [2.24, 2.45) is 0 Å². The quantitative estimate of drug-likeness (QED) is 0.767. The van der Waals surface area contributed by atoms with Crippen molar-refractivity contribution in [3.63, 3.8) is 0 Å². The first-order chi connectivity index (χ1) is 14.0. The van der Waals surface area contributed by atoms with Crippen molar-refractivity contribution in [3.05, 3.63) is 36.4 Å². The minimum Gasteiger partial charge on any atom is -0.496 e. The molecular formula is C21H27FN4O3. The minimum atomic E-state index is -0.349. The lowest BCUT2D eigenvalue weighted by atomic mass is 10.1. The number of nitrogens with zero attached hydrogens (tertiary/aromatic N) is 4. The number of halogens is 1. The van der Waals surface area contributed by atoms with Crippen LogP contribution in [0.3, 0.4) is 0 Å². The summed E-state index contributed by atoms with van der Waals surface area (Å²) in [6, 6.07) is 5.26. The topological polar surface area (TPSA) is 59.8 Å². The van der Waals surface area contributed by atoms with Gasteiger partial charge in [-0.3, -0.25) is 9.69 Å². The zero-order valence-corrected chi connectivity index (χ0v) is 17.0. The number of hydrogen-bond acceptors (Lipinski definition) is 5. The normalized spacial score (nSPS) is 24.3. The highest BCUT2D eigenvalue weighted by molar-refractivity contribution is 5.76. The number of benzene rings is 1. The van der Waals surface area contributed by atoms with Gasteiger partial charge < -0.3 is 18.9 Å². The molecule has 3 atom stereocenters. The number of carbonyl (C=O) groups excluding carboxylic acids is 1. The summed E-state index contributed by atoms with van der Waals surface area (Å²) in [5, 5.41) is 0. The molecular weight excluding hydrogens is 375 g/mol. The van der Waals surface area contributed by atoms with Crippen molar-refractivity contribution in [2.45, 2.75) is 31.0 Å². The Hall–Kier alpha value is -2.45. The van der Waals surface area contributed by atoms with E-state index in [1.165, 1.54) is 13.2 Å². The molecule has 2 aliphatic heterocycles. The number of ether oxygens (including phenoxy) is 2. The first-order valence-electron chi connectivity index (χ1n) is 9.89. The van der Waals surface area contributed by atoms with Crippen LogP contribution in [0.1, 0.15) is 18.9 Å². The van der Waals surface area contributed by atoms with Crippen LogP contribution < -0.4 is 4.74 Å². The Kier molecular flexibility index (Phi) is 5.56. The number of fused-ring (bicyclic) bond motifs is 1. The van der Waals surface area contributed by atoms with Gasteiger partial charge in [-0.05, 0) is 18.6 Å². The van der Waals surface area contributed by atoms with Gasteiger partial charge in [-0.15, -0.1) is 0 Å². The van der Waals surface area contributed by atoms with E-state index >= 15 is 0 Å². The third-order valence-electron chi connectivity index (χ3n) is 5.85. The summed E-state index contributed by atoms with van der Waals surface area (Å²) in [5.74, 6) is 0.773. The molecule has 0 radical (unpaired) electrons. The highest BCUT2D eigenvalue weighted by Gasteiger charge is 2.39. The molecule has 2 aromatic rings. The first-order valence-corrected chi connectivity index (χ1v) is 9.89. The SMILES string of the molecule is COc1cccc(F)c1-c1nccn1[C@@H]1C[C@H]2CO[C@@H](CC(=O)N(C)C)CN2C1. The van der Waals surface area contributed by atoms with Crippen molar-refractivity contribution in [1.29, 1.82) is 0 Å². The summed E-state index contributed by atoms with van der Waals surface area (Å²) in [6.45, 7) is 2.16. The molecule has 0 aliphatic carbocycles. The summed E-state index contributed by atoms with van der Waals surface area (Å²) >= 11 is 0. The molecule has 3 heterocycles. The van der Waals surface area contributed by atoms with Gasteiger partial charge >= 0.3 is 0 Å². The van der Waals surface area contributed by atoms with Crippen LogP contribution in [0.25, 0.3) is 11.4 Å². The van der Waals surface area contributed by atoms with E-state index in [2.05, 4.69) is 9.88 Å². The van der Waals surface area contributed by atoms with E-state index < -0.39 is 0 Å². The van der Waals surface area contributed by atoms with Crippen LogP contribution >= 0.6 is 0 Å². The van der Waals surface area contributed by atoms with Gasteiger partial charge in [0.15, 0.2) is 0 Å². The number of rotatable bonds is 5. The number of methoxy groups -OCH3 is 1. The zero-order valence-electron chi connectivity index (χ0n) is 17.0. The number of carbonyl (C=O) groups is 1. The molecule has 7 nitrogen and oxygen atoms in total. The highest BCUT2D eigenvalue weighted by atomic mass is 19.1. The lowest BCUT2D eigenvalue weighted by Crippen LogP contribution is -2.47. The molecule has 0 bridgehead atoms. The van der Waals surface area contributed by atoms with E-state index in [1.807, 2.05) is 10.8 Å². The Balaban J connectivity index is 1.52. The largest absolute Gasteiger partial charge is 0.496 e. The van der Waals surface area contributed by atoms with Crippen LogP contribution in [0, 0.1) is 5.82 Å². The van der Waals surface area contributed by atoms with Crippen LogP contribution in [0.4, 0.5) is 4.39 Å². The fourth-order valence-corrected chi connectivity index (χ4v) is 4.31. The van der Waals surface area contributed by atoms with Crippen molar-refractivity contribution in [3.8, 4) is 17.1 Å². The van der Waals surface area contributed by atoms with E-state index in [9.17, 15) is 9.18 Å². The molecule has 0 spiro atoms. The van der Waals surface area contributed by atoms with Crippen LogP contribution in [-0.2, 0) is 9.53 Å². The number of aromatic nitrogens is 2. The molecule has 156 valence electrons.